The Morgan fingerprint density at radius 3 is 2.78 bits per heavy atom. The van der Waals surface area contributed by atoms with E-state index in [0.717, 1.165) is 9.35 Å². The van der Waals surface area contributed by atoms with Crippen molar-refractivity contribution in [3.8, 4) is 10.7 Å². The third kappa shape index (κ3) is 3.18. The molecule has 1 unspecified atom stereocenters. The van der Waals surface area contributed by atoms with Crippen molar-refractivity contribution < 1.29 is 4.52 Å². The Kier molecular flexibility index (Phi) is 3.89. The van der Waals surface area contributed by atoms with Gasteiger partial charge in [-0.2, -0.15) is 4.98 Å². The molecule has 0 amide bonds. The maximum absolute atomic E-state index is 6.10. The minimum absolute atomic E-state index is 0.000807. The van der Waals surface area contributed by atoms with Crippen LogP contribution in [0.5, 0.6) is 0 Å². The molecule has 2 N–H and O–H groups in total. The zero-order valence-electron chi connectivity index (χ0n) is 10.6. The molecule has 2 aromatic rings. The van der Waals surface area contributed by atoms with E-state index < -0.39 is 0 Å². The second kappa shape index (κ2) is 5.11. The molecule has 0 radical (unpaired) electrons. The molecule has 0 saturated heterocycles. The van der Waals surface area contributed by atoms with Crippen molar-refractivity contribution in [1.82, 2.24) is 10.1 Å². The summed E-state index contributed by atoms with van der Waals surface area (Å²) in [4.78, 5) is 5.37. The van der Waals surface area contributed by atoms with Gasteiger partial charge in [-0.05, 0) is 27.4 Å². The summed E-state index contributed by atoms with van der Waals surface area (Å²) < 4.78 is 6.27. The van der Waals surface area contributed by atoms with Gasteiger partial charge in [0.1, 0.15) is 0 Å². The Hall–Kier alpha value is -0.720. The lowest BCUT2D eigenvalue weighted by atomic mass is 9.85. The summed E-state index contributed by atoms with van der Waals surface area (Å²) in [5.74, 6) is 1.22. The van der Waals surface area contributed by atoms with E-state index in [9.17, 15) is 0 Å². The number of aromatic nitrogens is 2. The Balaban J connectivity index is 2.12. The van der Waals surface area contributed by atoms with Crippen molar-refractivity contribution in [3.63, 3.8) is 0 Å². The first-order valence-electron chi connectivity index (χ1n) is 5.69. The Morgan fingerprint density at radius 2 is 2.22 bits per heavy atom. The van der Waals surface area contributed by atoms with Crippen LogP contribution in [0.15, 0.2) is 20.4 Å². The van der Waals surface area contributed by atoms with Crippen LogP contribution in [0.3, 0.4) is 0 Å². The molecule has 18 heavy (non-hydrogen) atoms. The lowest BCUT2D eigenvalue weighted by Gasteiger charge is -2.25. The minimum Gasteiger partial charge on any atom is -0.339 e. The fraction of sp³-hybridized carbons (Fsp3) is 0.500. The molecule has 2 rings (SSSR count). The molecule has 98 valence electrons. The molecule has 0 aliphatic heterocycles. The largest absolute Gasteiger partial charge is 0.339 e. The van der Waals surface area contributed by atoms with Gasteiger partial charge >= 0.3 is 0 Å². The maximum Gasteiger partial charge on any atom is 0.228 e. The molecule has 2 aromatic heterocycles. The summed E-state index contributed by atoms with van der Waals surface area (Å²) >= 11 is 4.98. The van der Waals surface area contributed by atoms with Crippen molar-refractivity contribution in [2.24, 2.45) is 11.1 Å². The van der Waals surface area contributed by atoms with Gasteiger partial charge in [-0.15, -0.1) is 11.3 Å². The smallest absolute Gasteiger partial charge is 0.228 e. The molecule has 2 heterocycles. The summed E-state index contributed by atoms with van der Waals surface area (Å²) in [6.45, 7) is 6.31. The lowest BCUT2D eigenvalue weighted by Crippen LogP contribution is -2.36. The normalized spacial score (nSPS) is 13.8. The fourth-order valence-electron chi connectivity index (χ4n) is 1.36. The van der Waals surface area contributed by atoms with Crippen molar-refractivity contribution in [2.75, 3.05) is 0 Å². The number of hydrogen-bond acceptors (Lipinski definition) is 5. The maximum atomic E-state index is 6.10. The van der Waals surface area contributed by atoms with Gasteiger partial charge in [0, 0.05) is 22.3 Å². The van der Waals surface area contributed by atoms with Crippen LogP contribution < -0.4 is 5.73 Å². The van der Waals surface area contributed by atoms with E-state index in [1.54, 1.807) is 11.3 Å². The van der Waals surface area contributed by atoms with Crippen molar-refractivity contribution >= 4 is 27.3 Å². The van der Waals surface area contributed by atoms with E-state index in [1.807, 2.05) is 11.4 Å². The fourth-order valence-corrected chi connectivity index (χ4v) is 2.71. The zero-order chi connectivity index (χ0) is 13.3. The molecule has 0 fully saturated rings. The lowest BCUT2D eigenvalue weighted by molar-refractivity contribution is 0.286. The first-order chi connectivity index (χ1) is 8.36. The first kappa shape index (κ1) is 13.7. The van der Waals surface area contributed by atoms with Crippen molar-refractivity contribution in [2.45, 2.75) is 33.2 Å². The van der Waals surface area contributed by atoms with E-state index in [1.165, 1.54) is 0 Å². The third-order valence-electron chi connectivity index (χ3n) is 2.76. The van der Waals surface area contributed by atoms with E-state index in [2.05, 4.69) is 46.8 Å². The van der Waals surface area contributed by atoms with Crippen molar-refractivity contribution in [1.29, 1.82) is 0 Å². The van der Waals surface area contributed by atoms with Crippen LogP contribution in [0.4, 0.5) is 0 Å². The van der Waals surface area contributed by atoms with Crippen molar-refractivity contribution in [3.05, 3.63) is 21.8 Å². The van der Waals surface area contributed by atoms with Gasteiger partial charge in [0.05, 0.1) is 4.88 Å². The molecule has 0 saturated carbocycles. The van der Waals surface area contributed by atoms with Crippen LogP contribution in [-0.4, -0.2) is 16.2 Å². The quantitative estimate of drug-likeness (QED) is 0.936. The third-order valence-corrected chi connectivity index (χ3v) is 4.45. The summed E-state index contributed by atoms with van der Waals surface area (Å²) in [5.41, 5.74) is 6.13. The Morgan fingerprint density at radius 1 is 1.50 bits per heavy atom. The summed E-state index contributed by atoms with van der Waals surface area (Å²) in [6, 6.07) is 1.98. The van der Waals surface area contributed by atoms with Crippen LogP contribution in [0.25, 0.3) is 10.7 Å². The second-order valence-corrected chi connectivity index (χ2v) is 7.14. The number of nitrogens with zero attached hydrogens (tertiary/aromatic N) is 2. The number of thiophene rings is 1. The van der Waals surface area contributed by atoms with Gasteiger partial charge in [-0.25, -0.2) is 0 Å². The zero-order valence-corrected chi connectivity index (χ0v) is 13.0. The molecule has 6 heteroatoms. The summed E-state index contributed by atoms with van der Waals surface area (Å²) in [7, 11) is 0. The summed E-state index contributed by atoms with van der Waals surface area (Å²) in [6.07, 6.45) is 0.600. The highest BCUT2D eigenvalue weighted by Gasteiger charge is 2.23. The molecule has 0 aliphatic carbocycles. The highest BCUT2D eigenvalue weighted by Crippen LogP contribution is 2.28. The van der Waals surface area contributed by atoms with Crippen LogP contribution in [0.2, 0.25) is 0 Å². The highest BCUT2D eigenvalue weighted by atomic mass is 79.9. The predicted molar refractivity (Wildman–Crippen MR) is 76.4 cm³/mol. The SMILES string of the molecule is CC(C)(C)C(N)Cc1nc(-c2cc(Br)cs2)no1. The van der Waals surface area contributed by atoms with Crippen LogP contribution >= 0.6 is 27.3 Å². The standard InChI is InChI=1S/C12H16BrN3OS/c1-12(2,3)9(14)5-10-15-11(16-17-10)8-4-7(13)6-18-8/h4,6,9H,5,14H2,1-3H3. The molecular weight excluding hydrogens is 314 g/mol. The Bertz CT molecular complexity index is 529. The highest BCUT2D eigenvalue weighted by molar-refractivity contribution is 9.10. The van der Waals surface area contributed by atoms with Gasteiger partial charge in [-0.1, -0.05) is 25.9 Å². The molecule has 0 bridgehead atoms. The summed E-state index contributed by atoms with van der Waals surface area (Å²) in [5, 5.41) is 5.98. The van der Waals surface area contributed by atoms with E-state index in [4.69, 9.17) is 10.3 Å². The van der Waals surface area contributed by atoms with Gasteiger partial charge in [0.15, 0.2) is 0 Å². The molecule has 0 aliphatic rings. The van der Waals surface area contributed by atoms with Gasteiger partial charge in [0.25, 0.3) is 0 Å². The first-order valence-corrected chi connectivity index (χ1v) is 7.36. The molecular formula is C12H16BrN3OS. The minimum atomic E-state index is 0.000807. The van der Waals surface area contributed by atoms with E-state index in [-0.39, 0.29) is 11.5 Å². The van der Waals surface area contributed by atoms with E-state index >= 15 is 0 Å². The number of halogens is 1. The number of hydrogen-bond donors (Lipinski definition) is 1. The topological polar surface area (TPSA) is 64.9 Å². The van der Waals surface area contributed by atoms with Gasteiger partial charge in [-0.3, -0.25) is 0 Å². The predicted octanol–water partition coefficient (Wildman–Crippen LogP) is 3.48. The second-order valence-electron chi connectivity index (χ2n) is 5.32. The molecule has 0 aromatic carbocycles. The Labute approximate surface area is 119 Å². The average Bonchev–Trinajstić information content (AvgIpc) is 2.85. The monoisotopic (exact) mass is 329 g/mol. The van der Waals surface area contributed by atoms with Crippen LogP contribution in [0, 0.1) is 5.41 Å². The molecule has 1 atom stereocenters. The van der Waals surface area contributed by atoms with Gasteiger partial charge < -0.3 is 10.3 Å². The van der Waals surface area contributed by atoms with Crippen LogP contribution in [-0.2, 0) is 6.42 Å². The number of rotatable bonds is 3. The van der Waals surface area contributed by atoms with Crippen LogP contribution in [0.1, 0.15) is 26.7 Å². The molecule has 0 spiro atoms. The van der Waals surface area contributed by atoms with E-state index in [0.29, 0.717) is 18.1 Å². The number of nitrogens with two attached hydrogens (primary N) is 1. The average molecular weight is 330 g/mol. The van der Waals surface area contributed by atoms with Gasteiger partial charge in [0.2, 0.25) is 11.7 Å². The molecule has 4 nitrogen and oxygen atoms in total.